The summed E-state index contributed by atoms with van der Waals surface area (Å²) in [4.78, 5) is 8.49. The number of aromatic nitrogens is 2. The zero-order chi connectivity index (χ0) is 14.4. The van der Waals surface area contributed by atoms with Gasteiger partial charge in [0.15, 0.2) is 5.16 Å². The molecule has 0 radical (unpaired) electrons. The van der Waals surface area contributed by atoms with Gasteiger partial charge in [0.1, 0.15) is 0 Å². The van der Waals surface area contributed by atoms with E-state index in [0.717, 1.165) is 22.0 Å². The van der Waals surface area contributed by atoms with E-state index in [1.165, 1.54) is 0 Å². The van der Waals surface area contributed by atoms with Gasteiger partial charge in [0.25, 0.3) is 0 Å². The van der Waals surface area contributed by atoms with Crippen molar-refractivity contribution >= 4 is 11.8 Å². The molecule has 0 fully saturated rings. The maximum absolute atomic E-state index is 9.61. The fourth-order valence-electron chi connectivity index (χ4n) is 1.86. The number of hydrogen-bond acceptors (Lipinski definition) is 5. The highest BCUT2D eigenvalue weighted by atomic mass is 32.2. The highest BCUT2D eigenvalue weighted by Gasteiger charge is 2.25. The number of thioether (sulfide) groups is 1. The van der Waals surface area contributed by atoms with Crippen molar-refractivity contribution in [1.29, 1.82) is 0 Å². The van der Waals surface area contributed by atoms with Crippen molar-refractivity contribution in [1.82, 2.24) is 9.97 Å². The van der Waals surface area contributed by atoms with Crippen LogP contribution >= 0.6 is 11.8 Å². The molecule has 0 aliphatic rings. The lowest BCUT2D eigenvalue weighted by atomic mass is 9.89. The van der Waals surface area contributed by atoms with Crippen LogP contribution in [0.3, 0.4) is 0 Å². The second kappa shape index (κ2) is 6.83. The molecule has 0 spiro atoms. The van der Waals surface area contributed by atoms with Crippen LogP contribution in [0.5, 0.6) is 0 Å². The molecule has 1 atom stereocenters. The van der Waals surface area contributed by atoms with Crippen LogP contribution in [0.25, 0.3) is 0 Å². The fraction of sp³-hybridized carbons (Fsp3) is 0.333. The van der Waals surface area contributed by atoms with E-state index in [2.05, 4.69) is 9.97 Å². The average molecular weight is 289 g/mol. The molecule has 3 N–H and O–H groups in total. The first-order chi connectivity index (χ1) is 9.64. The third kappa shape index (κ3) is 3.79. The molecule has 1 aromatic carbocycles. The summed E-state index contributed by atoms with van der Waals surface area (Å²) < 4.78 is 0. The van der Waals surface area contributed by atoms with Crippen molar-refractivity contribution in [3.63, 3.8) is 0 Å². The predicted octanol–water partition coefficient (Wildman–Crippen LogP) is 2.11. The highest BCUT2D eigenvalue weighted by molar-refractivity contribution is 7.99. The van der Waals surface area contributed by atoms with E-state index in [4.69, 9.17) is 5.73 Å². The second-order valence-corrected chi connectivity index (χ2v) is 5.88. The van der Waals surface area contributed by atoms with Gasteiger partial charge in [-0.3, -0.25) is 0 Å². The molecule has 4 nitrogen and oxygen atoms in total. The van der Waals surface area contributed by atoms with Crippen LogP contribution < -0.4 is 5.73 Å². The number of rotatable bonds is 6. The van der Waals surface area contributed by atoms with E-state index in [0.29, 0.717) is 6.42 Å². The van der Waals surface area contributed by atoms with Crippen LogP contribution in [0.15, 0.2) is 47.9 Å². The first-order valence-electron chi connectivity index (χ1n) is 6.51. The normalized spacial score (nSPS) is 13.9. The summed E-state index contributed by atoms with van der Waals surface area (Å²) in [6.07, 6.45) is 4.26. The molecule has 1 unspecified atom stereocenters. The average Bonchev–Trinajstić information content (AvgIpc) is 2.50. The first-order valence-corrected chi connectivity index (χ1v) is 7.49. The van der Waals surface area contributed by atoms with E-state index >= 15 is 0 Å². The van der Waals surface area contributed by atoms with Crippen LogP contribution in [0.2, 0.25) is 0 Å². The summed E-state index contributed by atoms with van der Waals surface area (Å²) in [6.45, 7) is 1.88. The molecule has 0 aliphatic heterocycles. The molecule has 106 valence electrons. The van der Waals surface area contributed by atoms with Crippen LogP contribution in [0, 0.1) is 6.92 Å². The number of aliphatic hydroxyl groups is 1. The van der Waals surface area contributed by atoms with Gasteiger partial charge in [0.2, 0.25) is 0 Å². The van der Waals surface area contributed by atoms with Crippen molar-refractivity contribution in [2.24, 2.45) is 5.73 Å². The quantitative estimate of drug-likeness (QED) is 0.629. The van der Waals surface area contributed by atoms with Gasteiger partial charge >= 0.3 is 0 Å². The Morgan fingerprint density at radius 1 is 1.20 bits per heavy atom. The van der Waals surface area contributed by atoms with Crippen LogP contribution in [-0.4, -0.2) is 27.4 Å². The lowest BCUT2D eigenvalue weighted by molar-refractivity contribution is 0.193. The van der Waals surface area contributed by atoms with Gasteiger partial charge in [0, 0.05) is 18.1 Å². The summed E-state index contributed by atoms with van der Waals surface area (Å²) in [5.74, 6) is 0.759. The molecule has 5 heteroatoms. The van der Waals surface area contributed by atoms with Gasteiger partial charge in [-0.25, -0.2) is 9.97 Å². The highest BCUT2D eigenvalue weighted by Crippen LogP contribution is 2.25. The minimum absolute atomic E-state index is 0.0771. The minimum atomic E-state index is -0.709. The number of hydrogen-bond donors (Lipinski definition) is 2. The standard InChI is InChI=1S/C15H19N3OS/c1-12-9-17-14(18-10-12)20-8-7-15(16,11-19)13-5-3-2-4-6-13/h2-6,9-10,19H,7-8,11,16H2,1H3. The Kier molecular flexibility index (Phi) is 5.11. The molecule has 0 saturated heterocycles. The Morgan fingerprint density at radius 2 is 1.85 bits per heavy atom. The molecule has 0 saturated carbocycles. The molecule has 0 amide bonds. The zero-order valence-corrected chi connectivity index (χ0v) is 12.3. The summed E-state index contributed by atoms with van der Waals surface area (Å²) in [5.41, 5.74) is 7.59. The number of aryl methyl sites for hydroxylation is 1. The van der Waals surface area contributed by atoms with E-state index in [1.54, 1.807) is 24.2 Å². The first kappa shape index (κ1) is 15.0. The number of nitrogens with two attached hydrogens (primary N) is 1. The van der Waals surface area contributed by atoms with Gasteiger partial charge < -0.3 is 10.8 Å². The van der Waals surface area contributed by atoms with Crippen LogP contribution in [-0.2, 0) is 5.54 Å². The van der Waals surface area contributed by atoms with Gasteiger partial charge in [-0.15, -0.1) is 0 Å². The molecule has 2 rings (SSSR count). The van der Waals surface area contributed by atoms with E-state index < -0.39 is 5.54 Å². The van der Waals surface area contributed by atoms with Gasteiger partial charge in [-0.1, -0.05) is 42.1 Å². The summed E-state index contributed by atoms with van der Waals surface area (Å²) in [5, 5.41) is 10.3. The maximum atomic E-state index is 9.61. The fourth-order valence-corrected chi connectivity index (χ4v) is 2.77. The van der Waals surface area contributed by atoms with Crippen molar-refractivity contribution in [3.05, 3.63) is 53.9 Å². The lowest BCUT2D eigenvalue weighted by Gasteiger charge is -2.27. The second-order valence-electron chi connectivity index (χ2n) is 4.82. The Labute approximate surface area is 123 Å². The number of aliphatic hydroxyl groups excluding tert-OH is 1. The van der Waals surface area contributed by atoms with E-state index in [1.807, 2.05) is 37.3 Å². The third-order valence-corrected chi connectivity index (χ3v) is 4.04. The van der Waals surface area contributed by atoms with Gasteiger partial charge in [-0.2, -0.15) is 0 Å². The molecule has 1 aromatic heterocycles. The predicted molar refractivity (Wildman–Crippen MR) is 81.5 cm³/mol. The Hall–Kier alpha value is -1.43. The van der Waals surface area contributed by atoms with Gasteiger partial charge in [-0.05, 0) is 24.5 Å². The summed E-state index contributed by atoms with van der Waals surface area (Å²) >= 11 is 1.55. The SMILES string of the molecule is Cc1cnc(SCCC(N)(CO)c2ccccc2)nc1. The number of nitrogens with zero attached hydrogens (tertiary/aromatic N) is 2. The Morgan fingerprint density at radius 3 is 2.45 bits per heavy atom. The molecule has 0 aliphatic carbocycles. The van der Waals surface area contributed by atoms with Crippen molar-refractivity contribution in [2.45, 2.75) is 24.0 Å². The van der Waals surface area contributed by atoms with Crippen LogP contribution in [0.4, 0.5) is 0 Å². The lowest BCUT2D eigenvalue weighted by Crippen LogP contribution is -2.41. The summed E-state index contributed by atoms with van der Waals surface area (Å²) in [7, 11) is 0. The molecular formula is C15H19N3OS. The largest absolute Gasteiger partial charge is 0.394 e. The smallest absolute Gasteiger partial charge is 0.187 e. The topological polar surface area (TPSA) is 72.0 Å². The van der Waals surface area contributed by atoms with Crippen LogP contribution in [0.1, 0.15) is 17.5 Å². The summed E-state index contributed by atoms with van der Waals surface area (Å²) in [6, 6.07) is 9.70. The molecular weight excluding hydrogens is 270 g/mol. The van der Waals surface area contributed by atoms with Crippen molar-refractivity contribution in [2.75, 3.05) is 12.4 Å². The molecule has 2 aromatic rings. The zero-order valence-electron chi connectivity index (χ0n) is 11.5. The van der Waals surface area contributed by atoms with E-state index in [9.17, 15) is 5.11 Å². The molecule has 1 heterocycles. The minimum Gasteiger partial charge on any atom is -0.394 e. The Bertz CT molecular complexity index is 533. The monoisotopic (exact) mass is 289 g/mol. The molecule has 20 heavy (non-hydrogen) atoms. The van der Waals surface area contributed by atoms with Gasteiger partial charge in [0.05, 0.1) is 12.1 Å². The van der Waals surface area contributed by atoms with Crippen molar-refractivity contribution in [3.8, 4) is 0 Å². The number of benzene rings is 1. The maximum Gasteiger partial charge on any atom is 0.187 e. The molecule has 0 bridgehead atoms. The van der Waals surface area contributed by atoms with Crippen molar-refractivity contribution < 1.29 is 5.11 Å². The van der Waals surface area contributed by atoms with E-state index in [-0.39, 0.29) is 6.61 Å². The third-order valence-electron chi connectivity index (χ3n) is 3.17. The Balaban J connectivity index is 1.96.